The molecule has 0 saturated carbocycles. The number of rotatable bonds is 5. The highest BCUT2D eigenvalue weighted by atomic mass is 32.1. The molecule has 0 atom stereocenters. The third-order valence-corrected chi connectivity index (χ3v) is 4.65. The van der Waals surface area contributed by atoms with Gasteiger partial charge in [-0.1, -0.05) is 18.2 Å². The van der Waals surface area contributed by atoms with E-state index in [4.69, 9.17) is 4.74 Å². The molecule has 0 radical (unpaired) electrons. The van der Waals surface area contributed by atoms with Gasteiger partial charge >= 0.3 is 5.97 Å². The zero-order valence-corrected chi connectivity index (χ0v) is 15.9. The van der Waals surface area contributed by atoms with Crippen molar-refractivity contribution >= 4 is 39.0 Å². The second-order valence-electron chi connectivity index (χ2n) is 5.58. The second-order valence-corrected chi connectivity index (χ2v) is 6.46. The SMILES string of the molecule is C/C=C/C(=O)Nc1scc2c(C(=O)OCC)nn(-c3ccccc3F)c(=O)c12. The molecule has 9 heteroatoms. The number of carbonyl (C=O) groups excluding carboxylic acids is 2. The summed E-state index contributed by atoms with van der Waals surface area (Å²) in [6, 6.07) is 5.57. The van der Waals surface area contributed by atoms with Crippen LogP contribution in [0.4, 0.5) is 9.39 Å². The van der Waals surface area contributed by atoms with Crippen LogP contribution in [0.1, 0.15) is 24.3 Å². The van der Waals surface area contributed by atoms with Gasteiger partial charge in [0, 0.05) is 10.8 Å². The van der Waals surface area contributed by atoms with Crippen LogP contribution in [0.15, 0.2) is 46.6 Å². The molecule has 1 N–H and O–H groups in total. The summed E-state index contributed by atoms with van der Waals surface area (Å²) in [6.45, 7) is 3.42. The van der Waals surface area contributed by atoms with Gasteiger partial charge in [0.05, 0.1) is 12.0 Å². The smallest absolute Gasteiger partial charge is 0.359 e. The van der Waals surface area contributed by atoms with Gasteiger partial charge in [-0.05, 0) is 32.1 Å². The fraction of sp³-hybridized carbons (Fsp3) is 0.158. The number of para-hydroxylation sites is 1. The maximum Gasteiger partial charge on any atom is 0.359 e. The minimum absolute atomic E-state index is 0.0594. The normalized spacial score (nSPS) is 11.1. The van der Waals surface area contributed by atoms with E-state index in [0.717, 1.165) is 16.0 Å². The van der Waals surface area contributed by atoms with Crippen molar-refractivity contribution in [2.24, 2.45) is 0 Å². The largest absolute Gasteiger partial charge is 0.461 e. The summed E-state index contributed by atoms with van der Waals surface area (Å²) >= 11 is 1.07. The standard InChI is InChI=1S/C19H16FN3O4S/c1-3-7-14(24)21-17-15-11(10-28-17)16(19(26)27-4-2)22-23(18(15)25)13-9-6-5-8-12(13)20/h3,5-10H,4H2,1-2H3,(H,21,24)/b7-3+. The molecule has 0 spiro atoms. The van der Waals surface area contributed by atoms with Crippen LogP contribution in [0.3, 0.4) is 0 Å². The van der Waals surface area contributed by atoms with E-state index in [-0.39, 0.29) is 33.8 Å². The predicted octanol–water partition coefficient (Wildman–Crippen LogP) is 3.28. The number of hydrogen-bond acceptors (Lipinski definition) is 6. The number of anilines is 1. The zero-order valence-electron chi connectivity index (χ0n) is 15.1. The Hall–Kier alpha value is -3.33. The Morgan fingerprint density at radius 2 is 2.11 bits per heavy atom. The molecule has 0 aliphatic carbocycles. The topological polar surface area (TPSA) is 90.3 Å². The molecule has 1 aromatic carbocycles. The molecule has 0 bridgehead atoms. The molecular formula is C19H16FN3O4S. The van der Waals surface area contributed by atoms with Crippen molar-refractivity contribution in [1.82, 2.24) is 9.78 Å². The molecular weight excluding hydrogens is 385 g/mol. The monoisotopic (exact) mass is 401 g/mol. The third-order valence-electron chi connectivity index (χ3n) is 3.76. The number of ether oxygens (including phenoxy) is 1. The van der Waals surface area contributed by atoms with Gasteiger partial charge in [-0.3, -0.25) is 9.59 Å². The fourth-order valence-corrected chi connectivity index (χ4v) is 3.52. The van der Waals surface area contributed by atoms with E-state index in [1.165, 1.54) is 29.7 Å². The molecule has 2 aromatic heterocycles. The van der Waals surface area contributed by atoms with Crippen molar-refractivity contribution in [2.45, 2.75) is 13.8 Å². The number of amides is 1. The summed E-state index contributed by atoms with van der Waals surface area (Å²) in [6.07, 6.45) is 2.85. The number of fused-ring (bicyclic) bond motifs is 1. The molecule has 3 rings (SSSR count). The average molecular weight is 401 g/mol. The Balaban J connectivity index is 2.31. The lowest BCUT2D eigenvalue weighted by Gasteiger charge is -2.10. The quantitative estimate of drug-likeness (QED) is 0.523. The average Bonchev–Trinajstić information content (AvgIpc) is 3.07. The lowest BCUT2D eigenvalue weighted by Crippen LogP contribution is -2.26. The molecule has 3 aromatic rings. The van der Waals surface area contributed by atoms with Gasteiger partial charge < -0.3 is 10.1 Å². The molecule has 0 aliphatic rings. The number of allylic oxidation sites excluding steroid dienone is 1. The first-order valence-corrected chi connectivity index (χ1v) is 9.26. The molecule has 7 nitrogen and oxygen atoms in total. The number of nitrogens with zero attached hydrogens (tertiary/aromatic N) is 2. The number of hydrogen-bond donors (Lipinski definition) is 1. The Labute approximate surface area is 163 Å². The van der Waals surface area contributed by atoms with Crippen LogP contribution in [0.5, 0.6) is 0 Å². The van der Waals surface area contributed by atoms with E-state index in [1.54, 1.807) is 26.0 Å². The Morgan fingerprint density at radius 3 is 2.79 bits per heavy atom. The number of halogens is 1. The van der Waals surface area contributed by atoms with Gasteiger partial charge in [0.25, 0.3) is 5.56 Å². The minimum atomic E-state index is -0.748. The highest BCUT2D eigenvalue weighted by Gasteiger charge is 2.23. The molecule has 0 saturated heterocycles. The van der Waals surface area contributed by atoms with Gasteiger partial charge in [0.1, 0.15) is 16.5 Å². The summed E-state index contributed by atoms with van der Waals surface area (Å²) in [5, 5.41) is 8.72. The summed E-state index contributed by atoms with van der Waals surface area (Å²) in [7, 11) is 0. The van der Waals surface area contributed by atoms with E-state index in [2.05, 4.69) is 10.4 Å². The first kappa shape index (κ1) is 19.4. The van der Waals surface area contributed by atoms with E-state index >= 15 is 0 Å². The number of nitrogens with one attached hydrogen (secondary N) is 1. The van der Waals surface area contributed by atoms with Crippen molar-refractivity contribution in [1.29, 1.82) is 0 Å². The Morgan fingerprint density at radius 1 is 1.36 bits per heavy atom. The number of esters is 1. The van der Waals surface area contributed by atoms with E-state index in [9.17, 15) is 18.8 Å². The van der Waals surface area contributed by atoms with E-state index in [1.807, 2.05) is 0 Å². The third kappa shape index (κ3) is 3.56. The van der Waals surface area contributed by atoms with Crippen LogP contribution in [-0.4, -0.2) is 28.3 Å². The maximum absolute atomic E-state index is 14.3. The second kappa shape index (κ2) is 8.13. The van der Waals surface area contributed by atoms with Gasteiger partial charge in [0.15, 0.2) is 5.69 Å². The highest BCUT2D eigenvalue weighted by molar-refractivity contribution is 7.16. The number of thiophene rings is 1. The van der Waals surface area contributed by atoms with Crippen LogP contribution < -0.4 is 10.9 Å². The highest BCUT2D eigenvalue weighted by Crippen LogP contribution is 2.30. The summed E-state index contributed by atoms with van der Waals surface area (Å²) in [5.74, 6) is -1.86. The molecule has 0 fully saturated rings. The van der Waals surface area contributed by atoms with Crippen LogP contribution in [-0.2, 0) is 9.53 Å². The van der Waals surface area contributed by atoms with Gasteiger partial charge in [0.2, 0.25) is 5.91 Å². The molecule has 28 heavy (non-hydrogen) atoms. The first-order valence-electron chi connectivity index (χ1n) is 8.38. The number of carbonyl (C=O) groups is 2. The van der Waals surface area contributed by atoms with Gasteiger partial charge in [-0.2, -0.15) is 9.78 Å². The van der Waals surface area contributed by atoms with Gasteiger partial charge in [-0.15, -0.1) is 11.3 Å². The minimum Gasteiger partial charge on any atom is -0.461 e. The molecule has 2 heterocycles. The lowest BCUT2D eigenvalue weighted by atomic mass is 10.2. The molecule has 144 valence electrons. The van der Waals surface area contributed by atoms with Gasteiger partial charge in [-0.25, -0.2) is 9.18 Å². The Kier molecular flexibility index (Phi) is 5.65. The van der Waals surface area contributed by atoms with Crippen LogP contribution in [0.2, 0.25) is 0 Å². The molecule has 0 unspecified atom stereocenters. The summed E-state index contributed by atoms with van der Waals surface area (Å²) in [5.41, 5.74) is -0.912. The van der Waals surface area contributed by atoms with Crippen LogP contribution in [0.25, 0.3) is 16.5 Å². The van der Waals surface area contributed by atoms with Crippen molar-refractivity contribution in [3.8, 4) is 5.69 Å². The summed E-state index contributed by atoms with van der Waals surface area (Å²) < 4.78 is 20.1. The number of aromatic nitrogens is 2. The predicted molar refractivity (Wildman–Crippen MR) is 105 cm³/mol. The van der Waals surface area contributed by atoms with Crippen molar-refractivity contribution in [3.63, 3.8) is 0 Å². The van der Waals surface area contributed by atoms with Crippen molar-refractivity contribution in [2.75, 3.05) is 11.9 Å². The maximum atomic E-state index is 14.3. The first-order chi connectivity index (χ1) is 13.5. The van der Waals surface area contributed by atoms with Crippen molar-refractivity contribution < 1.29 is 18.7 Å². The summed E-state index contributed by atoms with van der Waals surface area (Å²) in [4.78, 5) is 37.4. The lowest BCUT2D eigenvalue weighted by molar-refractivity contribution is -0.111. The zero-order chi connectivity index (χ0) is 20.3. The van der Waals surface area contributed by atoms with E-state index < -0.39 is 23.3 Å². The molecule has 1 amide bonds. The Bertz CT molecular complexity index is 1150. The van der Waals surface area contributed by atoms with E-state index in [0.29, 0.717) is 0 Å². The van der Waals surface area contributed by atoms with Crippen LogP contribution in [0, 0.1) is 5.82 Å². The van der Waals surface area contributed by atoms with Crippen molar-refractivity contribution in [3.05, 3.63) is 63.7 Å². The number of benzene rings is 1. The molecule has 0 aliphatic heterocycles. The fourth-order valence-electron chi connectivity index (χ4n) is 2.58. The van der Waals surface area contributed by atoms with Crippen LogP contribution >= 0.6 is 11.3 Å².